The van der Waals surface area contributed by atoms with Crippen LogP contribution in [0.2, 0.25) is 0 Å². The van der Waals surface area contributed by atoms with Gasteiger partial charge in [-0.3, -0.25) is 18.6 Å². The Hall–Kier alpha value is -3.08. The number of nitrogens with one attached hydrogen (secondary N) is 1. The van der Waals surface area contributed by atoms with Crippen molar-refractivity contribution in [3.8, 4) is 0 Å². The summed E-state index contributed by atoms with van der Waals surface area (Å²) in [6, 6.07) is -1.56. The van der Waals surface area contributed by atoms with Crippen LogP contribution < -0.4 is 5.32 Å². The number of amides is 1. The average molecular weight is 766 g/mol. The van der Waals surface area contributed by atoms with Crippen LogP contribution in [0.25, 0.3) is 0 Å². The largest absolute Gasteiger partial charge is 0.480 e. The quantitative estimate of drug-likeness (QED) is 0.0211. The van der Waals surface area contributed by atoms with Gasteiger partial charge in [0.05, 0.1) is 13.2 Å². The first kappa shape index (κ1) is 49.9. The minimum absolute atomic E-state index is 0.112. The van der Waals surface area contributed by atoms with Crippen LogP contribution in [0.5, 0.6) is 0 Å². The van der Waals surface area contributed by atoms with Crippen LogP contribution in [0, 0.1) is 0 Å². The van der Waals surface area contributed by atoms with Crippen molar-refractivity contribution >= 4 is 25.7 Å². The molecule has 0 rings (SSSR count). The fraction of sp³-hybridized carbons (Fsp3) is 0.634. The number of aliphatic hydroxyl groups excluding tert-OH is 1. The normalized spacial score (nSPS) is 14.6. The molecule has 3 atom stereocenters. The lowest BCUT2D eigenvalue weighted by molar-refractivity contribution is -0.147. The first-order chi connectivity index (χ1) is 25.6. The molecule has 12 heteroatoms. The first-order valence-corrected chi connectivity index (χ1v) is 21.0. The highest BCUT2D eigenvalue weighted by Gasteiger charge is 2.28. The molecule has 0 heterocycles. The van der Waals surface area contributed by atoms with Gasteiger partial charge >= 0.3 is 19.8 Å². The van der Waals surface area contributed by atoms with Crippen LogP contribution in [0.15, 0.2) is 72.9 Å². The van der Waals surface area contributed by atoms with E-state index in [2.05, 4.69) is 92.1 Å². The second-order valence-electron chi connectivity index (χ2n) is 12.7. The minimum atomic E-state index is -4.75. The maximum atomic E-state index is 12.3. The maximum Gasteiger partial charge on any atom is 0.472 e. The Morgan fingerprint density at radius 2 is 1.09 bits per heavy atom. The van der Waals surface area contributed by atoms with Gasteiger partial charge in [-0.2, -0.15) is 0 Å². The lowest BCUT2D eigenvalue weighted by Gasteiger charge is -2.18. The van der Waals surface area contributed by atoms with E-state index >= 15 is 0 Å². The summed E-state index contributed by atoms with van der Waals surface area (Å²) in [6.07, 6.45) is 41.1. The molecule has 0 spiro atoms. The van der Waals surface area contributed by atoms with Gasteiger partial charge < -0.3 is 25.2 Å². The lowest BCUT2D eigenvalue weighted by Crippen LogP contribution is -2.43. The van der Waals surface area contributed by atoms with E-state index in [9.17, 15) is 34.1 Å². The van der Waals surface area contributed by atoms with E-state index in [1.807, 2.05) is 0 Å². The van der Waals surface area contributed by atoms with Crippen LogP contribution in [0.4, 0.5) is 0 Å². The van der Waals surface area contributed by atoms with Gasteiger partial charge in [-0.25, -0.2) is 9.36 Å². The van der Waals surface area contributed by atoms with Gasteiger partial charge in [-0.15, -0.1) is 0 Å². The van der Waals surface area contributed by atoms with Crippen molar-refractivity contribution in [3.05, 3.63) is 72.9 Å². The minimum Gasteiger partial charge on any atom is -0.480 e. The number of hydrogen-bond donors (Lipinski definition) is 4. The highest BCUT2D eigenvalue weighted by molar-refractivity contribution is 7.47. The van der Waals surface area contributed by atoms with Gasteiger partial charge in [0, 0.05) is 12.8 Å². The second-order valence-corrected chi connectivity index (χ2v) is 14.2. The molecule has 4 N–H and O–H groups in total. The fourth-order valence-electron chi connectivity index (χ4n) is 4.73. The molecule has 302 valence electrons. The third-order valence-corrected chi connectivity index (χ3v) is 8.71. The Balaban J connectivity index is 4.01. The molecular formula is C41H68NO10P. The SMILES string of the molecule is CC/C=C\C/C=C\C/C=C\C/C=C\C/C=C\C/C=C\CCCCCCC(=O)NC(COP(=O)(O)OCC(O)COC(=O)CCCCCCCC)C(=O)O. The van der Waals surface area contributed by atoms with Crippen LogP contribution in [-0.2, 0) is 32.7 Å². The van der Waals surface area contributed by atoms with Gasteiger partial charge in [-0.1, -0.05) is 132 Å². The number of carbonyl (C=O) groups is 3. The van der Waals surface area contributed by atoms with Crippen LogP contribution in [0.1, 0.15) is 136 Å². The molecule has 0 saturated carbocycles. The molecule has 0 aromatic heterocycles. The number of ether oxygens (including phenoxy) is 1. The highest BCUT2D eigenvalue weighted by Crippen LogP contribution is 2.43. The molecule has 0 aromatic rings. The zero-order chi connectivity index (χ0) is 39.3. The zero-order valence-electron chi connectivity index (χ0n) is 32.3. The van der Waals surface area contributed by atoms with Crippen molar-refractivity contribution in [2.75, 3.05) is 19.8 Å². The number of carboxylic acids is 1. The summed E-state index contributed by atoms with van der Waals surface area (Å²) in [5.74, 6) is -2.43. The molecule has 11 nitrogen and oxygen atoms in total. The smallest absolute Gasteiger partial charge is 0.472 e. The van der Waals surface area contributed by atoms with Gasteiger partial charge in [0.25, 0.3) is 0 Å². The van der Waals surface area contributed by atoms with Crippen LogP contribution in [0.3, 0.4) is 0 Å². The number of unbranched alkanes of at least 4 members (excludes halogenated alkanes) is 9. The molecule has 53 heavy (non-hydrogen) atoms. The third kappa shape index (κ3) is 35.7. The van der Waals surface area contributed by atoms with E-state index in [1.165, 1.54) is 0 Å². The maximum absolute atomic E-state index is 12.3. The Bertz CT molecular complexity index is 1180. The van der Waals surface area contributed by atoms with Crippen molar-refractivity contribution in [3.63, 3.8) is 0 Å². The van der Waals surface area contributed by atoms with Crippen molar-refractivity contribution in [2.45, 2.75) is 148 Å². The van der Waals surface area contributed by atoms with E-state index < -0.39 is 57.6 Å². The predicted molar refractivity (Wildman–Crippen MR) is 212 cm³/mol. The molecule has 0 bridgehead atoms. The molecule has 0 aliphatic heterocycles. The summed E-state index contributed by atoms with van der Waals surface area (Å²) >= 11 is 0. The van der Waals surface area contributed by atoms with Crippen LogP contribution >= 0.6 is 7.82 Å². The summed E-state index contributed by atoms with van der Waals surface area (Å²) < 4.78 is 26.6. The number of carbonyl (C=O) groups excluding carboxylic acids is 2. The fourth-order valence-corrected chi connectivity index (χ4v) is 5.50. The monoisotopic (exact) mass is 765 g/mol. The number of allylic oxidation sites excluding steroid dienone is 12. The Morgan fingerprint density at radius 3 is 1.64 bits per heavy atom. The van der Waals surface area contributed by atoms with E-state index in [1.54, 1.807) is 0 Å². The zero-order valence-corrected chi connectivity index (χ0v) is 33.2. The first-order valence-electron chi connectivity index (χ1n) is 19.5. The second kappa shape index (κ2) is 35.9. The van der Waals surface area contributed by atoms with Crippen molar-refractivity contribution in [2.24, 2.45) is 0 Å². The number of carboxylic acid groups (broad SMARTS) is 1. The summed E-state index contributed by atoms with van der Waals surface area (Å²) in [5.41, 5.74) is 0. The molecule has 0 aliphatic rings. The van der Waals surface area contributed by atoms with Gasteiger partial charge in [0.1, 0.15) is 12.7 Å². The average Bonchev–Trinajstić information content (AvgIpc) is 3.13. The Morgan fingerprint density at radius 1 is 0.623 bits per heavy atom. The topological polar surface area (TPSA) is 169 Å². The number of aliphatic hydroxyl groups is 1. The molecule has 0 radical (unpaired) electrons. The van der Waals surface area contributed by atoms with E-state index in [0.29, 0.717) is 12.8 Å². The summed E-state index contributed by atoms with van der Waals surface area (Å²) in [5, 5.41) is 21.6. The van der Waals surface area contributed by atoms with E-state index in [4.69, 9.17) is 13.8 Å². The van der Waals surface area contributed by atoms with Gasteiger partial charge in [0.2, 0.25) is 5.91 Å². The van der Waals surface area contributed by atoms with Crippen molar-refractivity contribution < 1.29 is 47.8 Å². The standard InChI is InChI=1S/C41H68NO10P/c1-3-5-7-9-11-12-13-14-15-16-17-18-19-20-21-22-23-24-25-26-27-28-30-32-39(44)42-38(41(46)47)36-52-53(48,49)51-35-37(43)34-50-40(45)33-31-29-10-8-6-4-2/h5,7,11-12,14-15,17-18,20-21,23-24,37-38,43H,3-4,6,8-10,13,16,19,22,25-36H2,1-2H3,(H,42,44)(H,46,47)(H,48,49)/b7-5-,12-11-,15-14-,18-17-,21-20-,24-23-. The number of phosphoric ester groups is 1. The van der Waals surface area contributed by atoms with E-state index in [-0.39, 0.29) is 12.8 Å². The molecule has 0 fully saturated rings. The Labute approximate surface area is 319 Å². The van der Waals surface area contributed by atoms with Crippen molar-refractivity contribution in [1.29, 1.82) is 0 Å². The predicted octanol–water partition coefficient (Wildman–Crippen LogP) is 9.38. The number of phosphoric acid groups is 1. The molecule has 3 unspecified atom stereocenters. The summed E-state index contributed by atoms with van der Waals surface area (Å²) in [4.78, 5) is 45.5. The molecular weight excluding hydrogens is 697 g/mol. The Kier molecular flexibility index (Phi) is 33.8. The van der Waals surface area contributed by atoms with Crippen LogP contribution in [-0.4, -0.2) is 64.9 Å². The molecule has 0 saturated heterocycles. The lowest BCUT2D eigenvalue weighted by atomic mass is 10.1. The van der Waals surface area contributed by atoms with E-state index in [0.717, 1.165) is 96.3 Å². The molecule has 1 amide bonds. The number of hydrogen-bond acceptors (Lipinski definition) is 8. The highest BCUT2D eigenvalue weighted by atomic mass is 31.2. The van der Waals surface area contributed by atoms with Gasteiger partial charge in [0.15, 0.2) is 6.04 Å². The van der Waals surface area contributed by atoms with Gasteiger partial charge in [-0.05, 0) is 64.2 Å². The third-order valence-electron chi connectivity index (χ3n) is 7.76. The number of esters is 1. The number of rotatable bonds is 35. The number of aliphatic carboxylic acids is 1. The summed E-state index contributed by atoms with van der Waals surface area (Å²) in [7, 11) is -4.75. The molecule has 0 aliphatic carbocycles. The molecule has 0 aromatic carbocycles. The van der Waals surface area contributed by atoms with Crippen molar-refractivity contribution in [1.82, 2.24) is 5.32 Å². The summed E-state index contributed by atoms with van der Waals surface area (Å²) in [6.45, 7) is 2.34.